The van der Waals surface area contributed by atoms with Gasteiger partial charge in [-0.3, -0.25) is 9.59 Å². The molecular formula is C19H23NO4S. The van der Waals surface area contributed by atoms with E-state index in [1.165, 1.54) is 18.3 Å². The van der Waals surface area contributed by atoms with Crippen LogP contribution in [0.4, 0.5) is 5.69 Å². The van der Waals surface area contributed by atoms with Crippen molar-refractivity contribution < 1.29 is 19.1 Å². The summed E-state index contributed by atoms with van der Waals surface area (Å²) in [6.07, 6.45) is 1.79. The van der Waals surface area contributed by atoms with Gasteiger partial charge in [0.2, 0.25) is 0 Å². The molecular weight excluding hydrogens is 338 g/mol. The number of carbonyl (C=O) groups excluding carboxylic acids is 2. The summed E-state index contributed by atoms with van der Waals surface area (Å²) in [5.41, 5.74) is 0.623. The molecule has 0 aliphatic rings. The molecule has 6 heteroatoms. The van der Waals surface area contributed by atoms with E-state index in [0.717, 1.165) is 12.8 Å². The number of rotatable bonds is 9. The molecule has 2 aromatic rings. The molecule has 1 aromatic heterocycles. The molecule has 2 rings (SSSR count). The summed E-state index contributed by atoms with van der Waals surface area (Å²) in [6.45, 7) is 6.74. The Bertz CT molecular complexity index is 739. The average molecular weight is 361 g/mol. The number of Topliss-reactive ketones (excluding diaryl/α,β-unsaturated/α-hetero) is 1. The Morgan fingerprint density at radius 3 is 2.20 bits per heavy atom. The van der Waals surface area contributed by atoms with E-state index in [1.54, 1.807) is 30.3 Å². The first kappa shape index (κ1) is 19.0. The van der Waals surface area contributed by atoms with Gasteiger partial charge in [-0.05, 0) is 44.0 Å². The molecule has 0 spiro atoms. The summed E-state index contributed by atoms with van der Waals surface area (Å²) in [5.74, 6) is 0.991. The van der Waals surface area contributed by atoms with E-state index in [9.17, 15) is 9.59 Å². The Balaban J connectivity index is 2.14. The second-order valence-corrected chi connectivity index (χ2v) is 6.62. The fourth-order valence-electron chi connectivity index (χ4n) is 2.08. The molecule has 1 aromatic carbocycles. The normalized spacial score (nSPS) is 10.4. The van der Waals surface area contributed by atoms with Gasteiger partial charge in [-0.1, -0.05) is 13.8 Å². The molecule has 0 aliphatic heterocycles. The number of ketones is 1. The van der Waals surface area contributed by atoms with E-state index in [2.05, 4.69) is 5.32 Å². The van der Waals surface area contributed by atoms with E-state index >= 15 is 0 Å². The lowest BCUT2D eigenvalue weighted by Gasteiger charge is -2.14. The van der Waals surface area contributed by atoms with Crippen molar-refractivity contribution in [2.75, 3.05) is 18.5 Å². The Morgan fingerprint density at radius 2 is 1.60 bits per heavy atom. The lowest BCUT2D eigenvalue weighted by molar-refractivity contribution is 0.101. The highest BCUT2D eigenvalue weighted by Crippen LogP contribution is 2.31. The highest BCUT2D eigenvalue weighted by Gasteiger charge is 2.13. The Morgan fingerprint density at radius 1 is 0.960 bits per heavy atom. The smallest absolute Gasteiger partial charge is 0.265 e. The van der Waals surface area contributed by atoms with Gasteiger partial charge in [0.1, 0.15) is 0 Å². The standard InChI is InChI=1S/C19H23NO4S/c1-4-10-23-15-7-6-14(12-16(15)24-11-5-2)20-19(22)18-9-8-17(25-18)13(3)21/h6-9,12H,4-5,10-11H2,1-3H3,(H,20,22). The first-order valence-electron chi connectivity index (χ1n) is 8.37. The number of carbonyl (C=O) groups is 2. The van der Waals surface area contributed by atoms with Crippen LogP contribution in [0.5, 0.6) is 11.5 Å². The molecule has 5 nitrogen and oxygen atoms in total. The molecule has 0 atom stereocenters. The summed E-state index contributed by atoms with van der Waals surface area (Å²) < 4.78 is 11.4. The largest absolute Gasteiger partial charge is 0.490 e. The van der Waals surface area contributed by atoms with Gasteiger partial charge in [0.25, 0.3) is 5.91 Å². The zero-order valence-corrected chi connectivity index (χ0v) is 15.6. The summed E-state index contributed by atoms with van der Waals surface area (Å²) in [7, 11) is 0. The Labute approximate surface area is 152 Å². The molecule has 0 aliphatic carbocycles. The van der Waals surface area contributed by atoms with Crippen molar-refractivity contribution in [2.45, 2.75) is 33.6 Å². The monoisotopic (exact) mass is 361 g/mol. The Kier molecular flexibility index (Phi) is 7.01. The third-order valence-electron chi connectivity index (χ3n) is 3.30. The molecule has 1 N–H and O–H groups in total. The van der Waals surface area contributed by atoms with Crippen molar-refractivity contribution in [2.24, 2.45) is 0 Å². The molecule has 0 fully saturated rings. The van der Waals surface area contributed by atoms with Crippen LogP contribution in [0.1, 0.15) is 53.0 Å². The number of ether oxygens (including phenoxy) is 2. The van der Waals surface area contributed by atoms with Crippen LogP contribution in [0, 0.1) is 0 Å². The number of hydrogen-bond donors (Lipinski definition) is 1. The van der Waals surface area contributed by atoms with E-state index in [1.807, 2.05) is 13.8 Å². The number of nitrogens with one attached hydrogen (secondary N) is 1. The third-order valence-corrected chi connectivity index (χ3v) is 4.49. The summed E-state index contributed by atoms with van der Waals surface area (Å²) in [4.78, 5) is 24.8. The van der Waals surface area contributed by atoms with Gasteiger partial charge < -0.3 is 14.8 Å². The van der Waals surface area contributed by atoms with Crippen LogP contribution in [-0.2, 0) is 0 Å². The minimum absolute atomic E-state index is 0.0447. The third kappa shape index (κ3) is 5.32. The molecule has 0 saturated carbocycles. The topological polar surface area (TPSA) is 64.6 Å². The molecule has 0 radical (unpaired) electrons. The van der Waals surface area contributed by atoms with Crippen molar-refractivity contribution in [1.29, 1.82) is 0 Å². The van der Waals surface area contributed by atoms with Crippen molar-refractivity contribution in [3.8, 4) is 11.5 Å². The average Bonchev–Trinajstić information content (AvgIpc) is 3.09. The van der Waals surface area contributed by atoms with Crippen molar-refractivity contribution in [3.05, 3.63) is 40.1 Å². The molecule has 134 valence electrons. The maximum absolute atomic E-state index is 12.3. The highest BCUT2D eigenvalue weighted by molar-refractivity contribution is 7.16. The fourth-order valence-corrected chi connectivity index (χ4v) is 2.88. The van der Waals surface area contributed by atoms with Gasteiger partial charge in [-0.2, -0.15) is 0 Å². The lowest BCUT2D eigenvalue weighted by atomic mass is 10.2. The van der Waals surface area contributed by atoms with E-state index in [0.29, 0.717) is 40.2 Å². The predicted molar refractivity (Wildman–Crippen MR) is 100 cm³/mol. The molecule has 0 bridgehead atoms. The summed E-state index contributed by atoms with van der Waals surface area (Å²) in [5, 5.41) is 2.84. The fraction of sp³-hybridized carbons (Fsp3) is 0.368. The zero-order chi connectivity index (χ0) is 18.2. The van der Waals surface area contributed by atoms with Crippen molar-refractivity contribution in [1.82, 2.24) is 0 Å². The van der Waals surface area contributed by atoms with Gasteiger partial charge in [0, 0.05) is 11.8 Å². The quantitative estimate of drug-likeness (QED) is 0.653. The van der Waals surface area contributed by atoms with Gasteiger partial charge in [-0.25, -0.2) is 0 Å². The summed E-state index contributed by atoms with van der Waals surface area (Å²) in [6, 6.07) is 8.66. The highest BCUT2D eigenvalue weighted by atomic mass is 32.1. The SMILES string of the molecule is CCCOc1ccc(NC(=O)c2ccc(C(C)=O)s2)cc1OCCC. The van der Waals surface area contributed by atoms with Crippen LogP contribution < -0.4 is 14.8 Å². The van der Waals surface area contributed by atoms with Gasteiger partial charge >= 0.3 is 0 Å². The van der Waals surface area contributed by atoms with E-state index in [-0.39, 0.29) is 11.7 Å². The minimum atomic E-state index is -0.249. The second kappa shape index (κ2) is 9.22. The molecule has 0 unspecified atom stereocenters. The van der Waals surface area contributed by atoms with Crippen LogP contribution in [-0.4, -0.2) is 24.9 Å². The van der Waals surface area contributed by atoms with Crippen molar-refractivity contribution in [3.63, 3.8) is 0 Å². The van der Waals surface area contributed by atoms with Crippen LogP contribution in [0.3, 0.4) is 0 Å². The van der Waals surface area contributed by atoms with Crippen LogP contribution in [0.15, 0.2) is 30.3 Å². The summed E-state index contributed by atoms with van der Waals surface area (Å²) >= 11 is 1.18. The molecule has 0 saturated heterocycles. The number of amides is 1. The first-order chi connectivity index (χ1) is 12.0. The van der Waals surface area contributed by atoms with Gasteiger partial charge in [0.05, 0.1) is 23.0 Å². The maximum atomic E-state index is 12.3. The van der Waals surface area contributed by atoms with Crippen LogP contribution in [0.2, 0.25) is 0 Å². The molecule has 25 heavy (non-hydrogen) atoms. The van der Waals surface area contributed by atoms with Gasteiger partial charge in [0.15, 0.2) is 17.3 Å². The first-order valence-corrected chi connectivity index (χ1v) is 9.18. The minimum Gasteiger partial charge on any atom is -0.490 e. The molecule has 1 amide bonds. The Hall–Kier alpha value is -2.34. The van der Waals surface area contributed by atoms with E-state index in [4.69, 9.17) is 9.47 Å². The van der Waals surface area contributed by atoms with Crippen molar-refractivity contribution >= 4 is 28.7 Å². The zero-order valence-electron chi connectivity index (χ0n) is 14.8. The van der Waals surface area contributed by atoms with Crippen LogP contribution in [0.25, 0.3) is 0 Å². The lowest BCUT2D eigenvalue weighted by Crippen LogP contribution is -2.10. The number of thiophene rings is 1. The number of hydrogen-bond acceptors (Lipinski definition) is 5. The second-order valence-electron chi connectivity index (χ2n) is 5.53. The number of anilines is 1. The van der Waals surface area contributed by atoms with Gasteiger partial charge in [-0.15, -0.1) is 11.3 Å². The number of benzene rings is 1. The maximum Gasteiger partial charge on any atom is 0.265 e. The molecule has 1 heterocycles. The van der Waals surface area contributed by atoms with E-state index < -0.39 is 0 Å². The predicted octanol–water partition coefficient (Wildman–Crippen LogP) is 4.78. The van der Waals surface area contributed by atoms with Crippen LogP contribution >= 0.6 is 11.3 Å².